The Morgan fingerprint density at radius 1 is 1.14 bits per heavy atom. The lowest BCUT2D eigenvalue weighted by molar-refractivity contribution is 0.911. The number of nitrogens with zero attached hydrogens (tertiary/aromatic N) is 3. The van der Waals surface area contributed by atoms with Crippen LogP contribution in [-0.2, 0) is 6.54 Å². The van der Waals surface area contributed by atoms with Crippen molar-refractivity contribution < 1.29 is 0 Å². The minimum atomic E-state index is -0.263. The molecule has 0 bridgehead atoms. The number of para-hydroxylation sites is 1. The number of anilines is 2. The third-order valence-electron chi connectivity index (χ3n) is 4.96. The molecule has 3 aromatic heterocycles. The van der Waals surface area contributed by atoms with Crippen LogP contribution in [-0.4, -0.2) is 27.0 Å². The van der Waals surface area contributed by atoms with Gasteiger partial charge in [-0.3, -0.25) is 4.79 Å². The standard InChI is InChI=1S/C21H18N6OS/c1-27(11-17-23-8-9-29-17)12-6-7-15-16(10-12)25-20(24-15)18-19(22)13-4-2-3-5-14(13)26-21(18)28/h2-10H,11H2,1H3,(H,24,25)(H3,22,26,28). The van der Waals surface area contributed by atoms with E-state index in [1.807, 2.05) is 61.1 Å². The van der Waals surface area contributed by atoms with Gasteiger partial charge in [-0.25, -0.2) is 9.97 Å². The Labute approximate surface area is 169 Å². The smallest absolute Gasteiger partial charge is 0.261 e. The van der Waals surface area contributed by atoms with Gasteiger partial charge in [-0.05, 0) is 24.3 Å². The minimum absolute atomic E-state index is 0.263. The van der Waals surface area contributed by atoms with Crippen LogP contribution in [0.1, 0.15) is 5.01 Å². The fourth-order valence-corrected chi connectivity index (χ4v) is 4.15. The molecule has 7 nitrogen and oxygen atoms in total. The van der Waals surface area contributed by atoms with Gasteiger partial charge in [-0.2, -0.15) is 0 Å². The molecule has 0 amide bonds. The van der Waals surface area contributed by atoms with Gasteiger partial charge in [-0.15, -0.1) is 11.3 Å². The number of hydrogen-bond acceptors (Lipinski definition) is 6. The molecular formula is C21H18N6OS. The van der Waals surface area contributed by atoms with Gasteiger partial charge in [0.25, 0.3) is 5.56 Å². The van der Waals surface area contributed by atoms with Crippen molar-refractivity contribution in [1.29, 1.82) is 0 Å². The largest absolute Gasteiger partial charge is 0.397 e. The van der Waals surface area contributed by atoms with E-state index in [0.717, 1.165) is 33.7 Å². The first-order chi connectivity index (χ1) is 14.1. The fourth-order valence-electron chi connectivity index (χ4n) is 3.48. The number of pyridine rings is 1. The number of H-pyrrole nitrogens is 2. The molecule has 0 spiro atoms. The third-order valence-corrected chi connectivity index (χ3v) is 5.73. The second-order valence-corrected chi connectivity index (χ2v) is 7.84. The van der Waals surface area contributed by atoms with E-state index in [9.17, 15) is 4.79 Å². The zero-order valence-electron chi connectivity index (χ0n) is 15.6. The summed E-state index contributed by atoms with van der Waals surface area (Å²) in [4.78, 5) is 29.9. The molecule has 0 aliphatic carbocycles. The molecule has 0 atom stereocenters. The van der Waals surface area contributed by atoms with Crippen LogP contribution in [0.3, 0.4) is 0 Å². The summed E-state index contributed by atoms with van der Waals surface area (Å²) in [6, 6.07) is 13.4. The molecule has 0 fully saturated rings. The number of nitrogens with two attached hydrogens (primary N) is 1. The summed E-state index contributed by atoms with van der Waals surface area (Å²) in [5, 5.41) is 3.82. The average Bonchev–Trinajstić information content (AvgIpc) is 3.36. The molecule has 144 valence electrons. The molecule has 0 radical (unpaired) electrons. The van der Waals surface area contributed by atoms with Crippen LogP contribution in [0.2, 0.25) is 0 Å². The zero-order valence-corrected chi connectivity index (χ0v) is 16.5. The Hall–Kier alpha value is -3.65. The van der Waals surface area contributed by atoms with Crippen LogP contribution >= 0.6 is 11.3 Å². The Kier molecular flexibility index (Phi) is 4.06. The maximum Gasteiger partial charge on any atom is 0.261 e. The lowest BCUT2D eigenvalue weighted by Gasteiger charge is -2.17. The number of benzene rings is 2. The first kappa shape index (κ1) is 17.4. The SMILES string of the molecule is CN(Cc1nccs1)c1ccc2nc(-c3c(N)c4ccccc4[nH]c3=O)[nH]c2c1. The number of aromatic amines is 2. The molecule has 0 aliphatic rings. The Balaban J connectivity index is 1.57. The maximum absolute atomic E-state index is 12.7. The highest BCUT2D eigenvalue weighted by atomic mass is 32.1. The van der Waals surface area contributed by atoms with Gasteiger partial charge in [0, 0.05) is 29.7 Å². The number of imidazole rings is 1. The van der Waals surface area contributed by atoms with Crippen molar-refractivity contribution in [2.75, 3.05) is 17.7 Å². The van der Waals surface area contributed by atoms with E-state index in [-0.39, 0.29) is 5.56 Å². The molecule has 5 rings (SSSR count). The van der Waals surface area contributed by atoms with Crippen molar-refractivity contribution in [3.8, 4) is 11.4 Å². The quantitative estimate of drug-likeness (QED) is 0.425. The Morgan fingerprint density at radius 3 is 2.83 bits per heavy atom. The molecule has 29 heavy (non-hydrogen) atoms. The van der Waals surface area contributed by atoms with E-state index in [2.05, 4.69) is 24.8 Å². The van der Waals surface area contributed by atoms with Crippen LogP contribution in [0, 0.1) is 0 Å². The van der Waals surface area contributed by atoms with E-state index in [1.54, 1.807) is 11.3 Å². The number of hydrogen-bond donors (Lipinski definition) is 3. The van der Waals surface area contributed by atoms with Gasteiger partial charge in [0.15, 0.2) is 0 Å². The molecule has 0 unspecified atom stereocenters. The predicted octanol–water partition coefficient (Wildman–Crippen LogP) is 3.75. The first-order valence-electron chi connectivity index (χ1n) is 9.10. The van der Waals surface area contributed by atoms with E-state index in [1.165, 1.54) is 0 Å². The van der Waals surface area contributed by atoms with Gasteiger partial charge in [0.2, 0.25) is 0 Å². The van der Waals surface area contributed by atoms with Crippen LogP contribution in [0.4, 0.5) is 11.4 Å². The second-order valence-electron chi connectivity index (χ2n) is 6.86. The highest BCUT2D eigenvalue weighted by Crippen LogP contribution is 2.29. The van der Waals surface area contributed by atoms with Crippen molar-refractivity contribution in [2.24, 2.45) is 0 Å². The normalized spacial score (nSPS) is 11.3. The molecule has 0 aliphatic heterocycles. The van der Waals surface area contributed by atoms with Gasteiger partial charge < -0.3 is 20.6 Å². The topological polar surface area (TPSA) is 104 Å². The maximum atomic E-state index is 12.7. The van der Waals surface area contributed by atoms with Crippen molar-refractivity contribution in [2.45, 2.75) is 6.54 Å². The van der Waals surface area contributed by atoms with E-state index < -0.39 is 0 Å². The number of thiazole rings is 1. The van der Waals surface area contributed by atoms with Crippen molar-refractivity contribution >= 4 is 44.6 Å². The van der Waals surface area contributed by atoms with Gasteiger partial charge >= 0.3 is 0 Å². The second kappa shape index (κ2) is 6.75. The van der Waals surface area contributed by atoms with E-state index in [0.29, 0.717) is 22.6 Å². The molecule has 0 saturated carbocycles. The molecule has 8 heteroatoms. The summed E-state index contributed by atoms with van der Waals surface area (Å²) in [5.74, 6) is 0.462. The number of nitrogen functional groups attached to an aromatic ring is 1. The summed E-state index contributed by atoms with van der Waals surface area (Å²) >= 11 is 1.63. The summed E-state index contributed by atoms with van der Waals surface area (Å²) in [7, 11) is 2.02. The Morgan fingerprint density at radius 2 is 2.00 bits per heavy atom. The molecular weight excluding hydrogens is 384 g/mol. The van der Waals surface area contributed by atoms with Crippen LogP contribution in [0.15, 0.2) is 58.8 Å². The number of aromatic nitrogens is 4. The lowest BCUT2D eigenvalue weighted by atomic mass is 10.1. The number of nitrogens with one attached hydrogen (secondary N) is 2. The van der Waals surface area contributed by atoms with E-state index in [4.69, 9.17) is 5.73 Å². The molecule has 0 saturated heterocycles. The van der Waals surface area contributed by atoms with Crippen molar-refractivity contribution in [1.82, 2.24) is 19.9 Å². The average molecular weight is 402 g/mol. The van der Waals surface area contributed by atoms with Gasteiger partial charge in [0.05, 0.1) is 28.8 Å². The van der Waals surface area contributed by atoms with Crippen LogP contribution < -0.4 is 16.2 Å². The van der Waals surface area contributed by atoms with Gasteiger partial charge in [-0.1, -0.05) is 18.2 Å². The summed E-state index contributed by atoms with van der Waals surface area (Å²) < 4.78 is 0. The summed E-state index contributed by atoms with van der Waals surface area (Å²) in [5.41, 5.74) is 10.2. The fraction of sp³-hybridized carbons (Fsp3) is 0.0952. The number of fused-ring (bicyclic) bond motifs is 2. The highest BCUT2D eigenvalue weighted by molar-refractivity contribution is 7.09. The van der Waals surface area contributed by atoms with Crippen molar-refractivity contribution in [3.05, 3.63) is 69.4 Å². The number of rotatable bonds is 4. The first-order valence-corrected chi connectivity index (χ1v) is 9.98. The summed E-state index contributed by atoms with van der Waals surface area (Å²) in [6.45, 7) is 0.724. The minimum Gasteiger partial charge on any atom is -0.397 e. The lowest BCUT2D eigenvalue weighted by Crippen LogP contribution is -2.15. The van der Waals surface area contributed by atoms with Crippen molar-refractivity contribution in [3.63, 3.8) is 0 Å². The molecule has 5 aromatic rings. The molecule has 2 aromatic carbocycles. The zero-order chi connectivity index (χ0) is 20.0. The predicted molar refractivity (Wildman–Crippen MR) is 118 cm³/mol. The van der Waals surface area contributed by atoms with Gasteiger partial charge in [0.1, 0.15) is 16.4 Å². The van der Waals surface area contributed by atoms with Crippen LogP contribution in [0.5, 0.6) is 0 Å². The third kappa shape index (κ3) is 3.03. The monoisotopic (exact) mass is 402 g/mol. The highest BCUT2D eigenvalue weighted by Gasteiger charge is 2.16. The molecule has 3 heterocycles. The van der Waals surface area contributed by atoms with E-state index >= 15 is 0 Å². The van der Waals surface area contributed by atoms with Crippen LogP contribution in [0.25, 0.3) is 33.3 Å². The molecule has 4 N–H and O–H groups in total. The summed E-state index contributed by atoms with van der Waals surface area (Å²) in [6.07, 6.45) is 1.81. The Bertz CT molecular complexity index is 1390.